The van der Waals surface area contributed by atoms with E-state index in [1.165, 1.54) is 0 Å². The van der Waals surface area contributed by atoms with Gasteiger partial charge in [-0.15, -0.1) is 0 Å². The molecule has 1 fully saturated rings. The summed E-state index contributed by atoms with van der Waals surface area (Å²) in [5.41, 5.74) is 1.14. The SMILES string of the molecule is C=C(C)[C@@]1(C)O[C@H]1C. The van der Waals surface area contributed by atoms with Gasteiger partial charge in [0, 0.05) is 0 Å². The van der Waals surface area contributed by atoms with Crippen LogP contribution in [-0.2, 0) is 4.74 Å². The van der Waals surface area contributed by atoms with Gasteiger partial charge in [-0.25, -0.2) is 0 Å². The Morgan fingerprint density at radius 3 is 2.12 bits per heavy atom. The Balaban J connectivity index is 2.60. The Labute approximate surface area is 50.3 Å². The van der Waals surface area contributed by atoms with Crippen molar-refractivity contribution >= 4 is 0 Å². The van der Waals surface area contributed by atoms with E-state index in [1.807, 2.05) is 6.92 Å². The lowest BCUT2D eigenvalue weighted by Gasteiger charge is -2.00. The summed E-state index contributed by atoms with van der Waals surface area (Å²) in [5.74, 6) is 0. The summed E-state index contributed by atoms with van der Waals surface area (Å²) in [6, 6.07) is 0. The molecular weight excluding hydrogens is 100 g/mol. The quantitative estimate of drug-likeness (QED) is 0.372. The molecule has 0 radical (unpaired) electrons. The molecule has 8 heavy (non-hydrogen) atoms. The van der Waals surface area contributed by atoms with Gasteiger partial charge >= 0.3 is 0 Å². The molecule has 0 aliphatic carbocycles. The van der Waals surface area contributed by atoms with Gasteiger partial charge in [-0.1, -0.05) is 6.58 Å². The molecule has 46 valence electrons. The first kappa shape index (κ1) is 5.83. The molecule has 0 amide bonds. The highest BCUT2D eigenvalue weighted by atomic mass is 16.6. The number of hydrogen-bond donors (Lipinski definition) is 0. The maximum absolute atomic E-state index is 5.27. The molecule has 1 heteroatoms. The summed E-state index contributed by atoms with van der Waals surface area (Å²) >= 11 is 0. The Morgan fingerprint density at radius 2 is 2.12 bits per heavy atom. The zero-order valence-electron chi connectivity index (χ0n) is 5.69. The van der Waals surface area contributed by atoms with Crippen molar-refractivity contribution in [3.8, 4) is 0 Å². The molecule has 0 aromatic carbocycles. The van der Waals surface area contributed by atoms with Crippen LogP contribution < -0.4 is 0 Å². The Bertz CT molecular complexity index is 128. The van der Waals surface area contributed by atoms with Crippen LogP contribution in [0.1, 0.15) is 20.8 Å². The van der Waals surface area contributed by atoms with Crippen molar-refractivity contribution in [3.63, 3.8) is 0 Å². The predicted molar refractivity (Wildman–Crippen MR) is 33.8 cm³/mol. The van der Waals surface area contributed by atoms with Crippen LogP contribution in [-0.4, -0.2) is 11.7 Å². The first-order valence-electron chi connectivity index (χ1n) is 2.91. The van der Waals surface area contributed by atoms with Gasteiger partial charge in [0.25, 0.3) is 0 Å². The molecule has 1 rings (SSSR count). The van der Waals surface area contributed by atoms with Gasteiger partial charge in [-0.2, -0.15) is 0 Å². The van der Waals surface area contributed by atoms with Gasteiger partial charge in [-0.05, 0) is 26.3 Å². The van der Waals surface area contributed by atoms with Crippen LogP contribution >= 0.6 is 0 Å². The predicted octanol–water partition coefficient (Wildman–Crippen LogP) is 1.74. The van der Waals surface area contributed by atoms with Crippen LogP contribution in [0.5, 0.6) is 0 Å². The topological polar surface area (TPSA) is 12.5 Å². The second-order valence-corrected chi connectivity index (χ2v) is 2.65. The Kier molecular flexibility index (Phi) is 0.984. The number of rotatable bonds is 1. The van der Waals surface area contributed by atoms with Crippen LogP contribution in [0.15, 0.2) is 12.2 Å². The molecule has 2 atom stereocenters. The monoisotopic (exact) mass is 112 g/mol. The molecule has 1 aliphatic heterocycles. The van der Waals surface area contributed by atoms with Crippen molar-refractivity contribution in [2.45, 2.75) is 32.5 Å². The van der Waals surface area contributed by atoms with E-state index in [2.05, 4.69) is 20.4 Å². The second kappa shape index (κ2) is 1.35. The zero-order valence-corrected chi connectivity index (χ0v) is 5.69. The Hall–Kier alpha value is -0.300. The van der Waals surface area contributed by atoms with E-state index in [4.69, 9.17) is 4.74 Å². The molecule has 0 aromatic rings. The lowest BCUT2D eigenvalue weighted by Crippen LogP contribution is -2.07. The zero-order chi connectivity index (χ0) is 6.36. The van der Waals surface area contributed by atoms with Crippen molar-refractivity contribution in [1.29, 1.82) is 0 Å². The average Bonchev–Trinajstić information content (AvgIpc) is 2.17. The fraction of sp³-hybridized carbons (Fsp3) is 0.714. The van der Waals surface area contributed by atoms with Gasteiger partial charge in [0.05, 0.1) is 6.10 Å². The summed E-state index contributed by atoms with van der Waals surface area (Å²) in [5, 5.41) is 0. The standard InChI is InChI=1S/C7H12O/c1-5(2)7(4)6(3)8-7/h6H,1H2,2-4H3/t6-,7+/m0/s1. The number of epoxide rings is 1. The summed E-state index contributed by atoms with van der Waals surface area (Å²) in [6.45, 7) is 9.95. The number of ether oxygens (including phenoxy) is 1. The normalized spacial score (nSPS) is 44.1. The first-order valence-corrected chi connectivity index (χ1v) is 2.91. The molecule has 0 aromatic heterocycles. The molecule has 0 N–H and O–H groups in total. The molecule has 1 aliphatic rings. The highest BCUT2D eigenvalue weighted by molar-refractivity contribution is 5.19. The molecule has 0 spiro atoms. The summed E-state index contributed by atoms with van der Waals surface area (Å²) in [4.78, 5) is 0. The van der Waals surface area contributed by atoms with E-state index in [9.17, 15) is 0 Å². The van der Waals surface area contributed by atoms with E-state index < -0.39 is 0 Å². The molecular formula is C7H12O. The third kappa shape index (κ3) is 0.583. The van der Waals surface area contributed by atoms with Gasteiger partial charge in [0.1, 0.15) is 5.60 Å². The van der Waals surface area contributed by atoms with Crippen LogP contribution in [0, 0.1) is 0 Å². The molecule has 0 saturated carbocycles. The van der Waals surface area contributed by atoms with Crippen LogP contribution in [0.25, 0.3) is 0 Å². The van der Waals surface area contributed by atoms with E-state index in [0.29, 0.717) is 6.10 Å². The van der Waals surface area contributed by atoms with Crippen molar-refractivity contribution in [2.75, 3.05) is 0 Å². The summed E-state index contributed by atoms with van der Waals surface area (Å²) in [6.07, 6.45) is 0.389. The van der Waals surface area contributed by atoms with E-state index in [1.54, 1.807) is 0 Å². The average molecular weight is 112 g/mol. The fourth-order valence-corrected chi connectivity index (χ4v) is 0.781. The molecule has 1 saturated heterocycles. The molecule has 1 nitrogen and oxygen atoms in total. The third-order valence-corrected chi connectivity index (χ3v) is 1.99. The fourth-order valence-electron chi connectivity index (χ4n) is 0.781. The van der Waals surface area contributed by atoms with Gasteiger partial charge in [0.15, 0.2) is 0 Å². The van der Waals surface area contributed by atoms with Crippen LogP contribution in [0.4, 0.5) is 0 Å². The second-order valence-electron chi connectivity index (χ2n) is 2.65. The molecule has 0 unspecified atom stereocenters. The molecule has 0 bridgehead atoms. The van der Waals surface area contributed by atoms with Crippen molar-refractivity contribution in [3.05, 3.63) is 12.2 Å². The van der Waals surface area contributed by atoms with Gasteiger partial charge in [-0.3, -0.25) is 0 Å². The lowest BCUT2D eigenvalue weighted by atomic mass is 10.0. The van der Waals surface area contributed by atoms with E-state index in [-0.39, 0.29) is 5.60 Å². The van der Waals surface area contributed by atoms with Gasteiger partial charge in [0.2, 0.25) is 0 Å². The smallest absolute Gasteiger partial charge is 0.112 e. The van der Waals surface area contributed by atoms with Crippen LogP contribution in [0.3, 0.4) is 0 Å². The van der Waals surface area contributed by atoms with Crippen molar-refractivity contribution < 1.29 is 4.74 Å². The van der Waals surface area contributed by atoms with E-state index in [0.717, 1.165) is 5.57 Å². The Morgan fingerprint density at radius 1 is 1.75 bits per heavy atom. The third-order valence-electron chi connectivity index (χ3n) is 1.99. The highest BCUT2D eigenvalue weighted by Crippen LogP contribution is 2.40. The number of hydrogen-bond acceptors (Lipinski definition) is 1. The first-order chi connectivity index (χ1) is 3.57. The maximum Gasteiger partial charge on any atom is 0.112 e. The van der Waals surface area contributed by atoms with Crippen molar-refractivity contribution in [1.82, 2.24) is 0 Å². The minimum absolute atomic E-state index is 0.0139. The van der Waals surface area contributed by atoms with E-state index >= 15 is 0 Å². The largest absolute Gasteiger partial charge is 0.362 e. The molecule has 1 heterocycles. The lowest BCUT2D eigenvalue weighted by molar-refractivity contribution is 0.340. The highest BCUT2D eigenvalue weighted by Gasteiger charge is 2.49. The summed E-state index contributed by atoms with van der Waals surface area (Å²) < 4.78 is 5.27. The summed E-state index contributed by atoms with van der Waals surface area (Å²) in [7, 11) is 0. The minimum atomic E-state index is 0.0139. The maximum atomic E-state index is 5.27. The van der Waals surface area contributed by atoms with Gasteiger partial charge < -0.3 is 4.74 Å². The van der Waals surface area contributed by atoms with Crippen molar-refractivity contribution in [2.24, 2.45) is 0 Å². The van der Waals surface area contributed by atoms with Crippen LogP contribution in [0.2, 0.25) is 0 Å². The minimum Gasteiger partial charge on any atom is -0.362 e.